The highest BCUT2D eigenvalue weighted by Gasteiger charge is 2.01. The second kappa shape index (κ2) is 8.45. The molecule has 0 heterocycles. The van der Waals surface area contributed by atoms with E-state index in [9.17, 15) is 8.78 Å². The summed E-state index contributed by atoms with van der Waals surface area (Å²) in [6, 6.07) is 11.4. The molecule has 23 heavy (non-hydrogen) atoms. The van der Waals surface area contributed by atoms with Crippen LogP contribution in [0.2, 0.25) is 0 Å². The zero-order chi connectivity index (χ0) is 16.7. The predicted octanol–water partition coefficient (Wildman–Crippen LogP) is 4.94. The topological polar surface area (TPSA) is 45.1 Å². The first kappa shape index (κ1) is 17.2. The van der Waals surface area contributed by atoms with Gasteiger partial charge in [-0.2, -0.15) is 0 Å². The summed E-state index contributed by atoms with van der Waals surface area (Å²) in [5, 5.41) is 10.5. The van der Waals surface area contributed by atoms with Crippen molar-refractivity contribution < 1.29 is 13.0 Å². The van der Waals surface area contributed by atoms with Gasteiger partial charge in [-0.05, 0) is 37.3 Å². The first-order valence-corrected chi connectivity index (χ1v) is 7.60. The number of halogens is 2. The Hall–Kier alpha value is -2.18. The summed E-state index contributed by atoms with van der Waals surface area (Å²) in [6.45, 7) is 2.14. The van der Waals surface area contributed by atoms with E-state index in [1.165, 1.54) is 35.9 Å². The lowest BCUT2D eigenvalue weighted by atomic mass is 10.2. The Kier molecular flexibility index (Phi) is 6.31. The molecule has 0 atom stereocenters. The second-order valence-electron chi connectivity index (χ2n) is 4.79. The average Bonchev–Trinajstić information content (AvgIpc) is 2.53. The molecule has 3 nitrogen and oxygen atoms in total. The fraction of sp³-hybridized carbons (Fsp3) is 0.118. The fourth-order valence-corrected chi connectivity index (χ4v) is 2.20. The Balaban J connectivity index is 1.73. The molecule has 0 fully saturated rings. The van der Waals surface area contributed by atoms with Gasteiger partial charge in [0.1, 0.15) is 6.61 Å². The van der Waals surface area contributed by atoms with Crippen molar-refractivity contribution in [2.45, 2.75) is 11.8 Å². The zero-order valence-corrected chi connectivity index (χ0v) is 13.3. The maximum atomic E-state index is 13.0. The van der Waals surface area contributed by atoms with Crippen molar-refractivity contribution in [3.63, 3.8) is 0 Å². The van der Waals surface area contributed by atoms with Crippen molar-refractivity contribution in [3.05, 3.63) is 71.9 Å². The zero-order valence-electron chi connectivity index (χ0n) is 12.5. The molecule has 2 rings (SSSR count). The summed E-state index contributed by atoms with van der Waals surface area (Å²) in [5.74, 6) is -1.81. The lowest BCUT2D eigenvalue weighted by Gasteiger charge is -2.03. The Morgan fingerprint density at radius 1 is 1.17 bits per heavy atom. The number of benzene rings is 2. The maximum Gasteiger partial charge on any atom is 0.160 e. The Labute approximate surface area is 138 Å². The van der Waals surface area contributed by atoms with Crippen LogP contribution in [0.3, 0.4) is 0 Å². The van der Waals surface area contributed by atoms with Crippen LogP contribution < -0.4 is 5.32 Å². The predicted molar refractivity (Wildman–Crippen MR) is 89.8 cm³/mol. The largest absolute Gasteiger partial charge is 0.362 e. The van der Waals surface area contributed by atoms with Gasteiger partial charge in [0.05, 0.1) is 5.71 Å². The molecule has 0 aliphatic heterocycles. The van der Waals surface area contributed by atoms with Gasteiger partial charge in [-0.15, -0.1) is 0 Å². The van der Waals surface area contributed by atoms with Crippen LogP contribution in [0.4, 0.5) is 14.5 Å². The first-order valence-electron chi connectivity index (χ1n) is 6.86. The highest BCUT2D eigenvalue weighted by atomic mass is 32.2. The molecule has 0 aliphatic carbocycles. The van der Waals surface area contributed by atoms with E-state index in [-0.39, 0.29) is 12.3 Å². The van der Waals surface area contributed by atoms with Gasteiger partial charge in [-0.25, -0.2) is 8.78 Å². The third kappa shape index (κ3) is 5.84. The minimum absolute atomic E-state index is 0.133. The first-order chi connectivity index (χ1) is 11.0. The molecule has 2 N–H and O–H groups in total. The summed E-state index contributed by atoms with van der Waals surface area (Å²) in [6.07, 6.45) is 2.98. The van der Waals surface area contributed by atoms with E-state index in [2.05, 4.69) is 5.32 Å². The lowest BCUT2D eigenvalue weighted by molar-refractivity contribution is 0.445. The van der Waals surface area contributed by atoms with Crippen molar-refractivity contribution in [1.82, 2.24) is 0 Å². The third-order valence-corrected chi connectivity index (χ3v) is 3.54. The normalized spacial score (nSPS) is 10.9. The highest BCUT2D eigenvalue weighted by Crippen LogP contribution is 2.19. The van der Waals surface area contributed by atoms with Crippen LogP contribution in [-0.4, -0.2) is 12.3 Å². The van der Waals surface area contributed by atoms with Gasteiger partial charge in [0.25, 0.3) is 0 Å². The lowest BCUT2D eigenvalue weighted by Crippen LogP contribution is -2.01. The standard InChI is InChI=1S/C17H16F2N2OS/c1-12-2-5-15(6-3-12)23-22-11-13(20)8-9-21-14-4-7-16(18)17(19)10-14/h2-10,20-21H,11H2,1H3/b9-8-,20-13?. The number of anilines is 1. The number of hydrogen-bond donors (Lipinski definition) is 2. The monoisotopic (exact) mass is 334 g/mol. The molecule has 0 saturated heterocycles. The summed E-state index contributed by atoms with van der Waals surface area (Å²) in [7, 11) is 0. The molecule has 120 valence electrons. The van der Waals surface area contributed by atoms with Crippen LogP contribution in [0.15, 0.2) is 59.6 Å². The van der Waals surface area contributed by atoms with Gasteiger partial charge in [0.2, 0.25) is 0 Å². The average molecular weight is 334 g/mol. The quantitative estimate of drug-likeness (QED) is 0.557. The van der Waals surface area contributed by atoms with Gasteiger partial charge in [0.15, 0.2) is 11.6 Å². The Morgan fingerprint density at radius 3 is 2.61 bits per heavy atom. The minimum Gasteiger partial charge on any atom is -0.362 e. The van der Waals surface area contributed by atoms with Gasteiger partial charge < -0.3 is 14.9 Å². The number of nitrogens with one attached hydrogen (secondary N) is 2. The maximum absolute atomic E-state index is 13.0. The molecule has 0 spiro atoms. The molecule has 0 aromatic heterocycles. The molecule has 0 bridgehead atoms. The smallest absolute Gasteiger partial charge is 0.160 e. The summed E-state index contributed by atoms with van der Waals surface area (Å²) in [5.41, 5.74) is 1.83. The summed E-state index contributed by atoms with van der Waals surface area (Å²) < 4.78 is 31.2. The fourth-order valence-electron chi connectivity index (χ4n) is 1.63. The van der Waals surface area contributed by atoms with Crippen LogP contribution in [0.25, 0.3) is 0 Å². The third-order valence-electron chi connectivity index (χ3n) is 2.84. The van der Waals surface area contributed by atoms with Crippen molar-refractivity contribution >= 4 is 23.4 Å². The van der Waals surface area contributed by atoms with E-state index in [4.69, 9.17) is 9.59 Å². The van der Waals surface area contributed by atoms with Crippen molar-refractivity contribution in [2.24, 2.45) is 0 Å². The van der Waals surface area contributed by atoms with E-state index in [0.29, 0.717) is 5.69 Å². The summed E-state index contributed by atoms with van der Waals surface area (Å²) in [4.78, 5) is 0.965. The number of aryl methyl sites for hydroxylation is 1. The summed E-state index contributed by atoms with van der Waals surface area (Å²) >= 11 is 1.20. The molecule has 2 aromatic carbocycles. The Bertz CT molecular complexity index is 702. The Morgan fingerprint density at radius 2 is 1.91 bits per heavy atom. The number of rotatable bonds is 7. The molecule has 0 aliphatic rings. The van der Waals surface area contributed by atoms with Gasteiger partial charge in [0, 0.05) is 34.9 Å². The van der Waals surface area contributed by atoms with Crippen LogP contribution >= 0.6 is 12.0 Å². The van der Waals surface area contributed by atoms with Gasteiger partial charge in [-0.3, -0.25) is 0 Å². The SMILES string of the molecule is Cc1ccc(SOCC(=N)/C=C\Nc2ccc(F)c(F)c2)cc1. The number of hydrogen-bond acceptors (Lipinski definition) is 4. The molecular weight excluding hydrogens is 318 g/mol. The van der Waals surface area contributed by atoms with E-state index >= 15 is 0 Å². The van der Waals surface area contributed by atoms with Gasteiger partial charge >= 0.3 is 0 Å². The van der Waals surface area contributed by atoms with E-state index in [1.54, 1.807) is 0 Å². The van der Waals surface area contributed by atoms with Crippen LogP contribution in [0.1, 0.15) is 5.56 Å². The van der Waals surface area contributed by atoms with Crippen molar-refractivity contribution in [3.8, 4) is 0 Å². The molecular formula is C17H16F2N2OS. The minimum atomic E-state index is -0.920. The van der Waals surface area contributed by atoms with Crippen LogP contribution in [0.5, 0.6) is 0 Å². The molecule has 2 aromatic rings. The molecule has 0 unspecified atom stereocenters. The van der Waals surface area contributed by atoms with Crippen molar-refractivity contribution in [2.75, 3.05) is 11.9 Å². The molecule has 0 saturated carbocycles. The van der Waals surface area contributed by atoms with E-state index in [1.807, 2.05) is 31.2 Å². The molecule has 6 heteroatoms. The van der Waals surface area contributed by atoms with Crippen LogP contribution in [0, 0.1) is 24.0 Å². The van der Waals surface area contributed by atoms with Crippen LogP contribution in [-0.2, 0) is 4.18 Å². The second-order valence-corrected chi connectivity index (χ2v) is 5.66. The van der Waals surface area contributed by atoms with E-state index in [0.717, 1.165) is 17.0 Å². The van der Waals surface area contributed by atoms with Crippen molar-refractivity contribution in [1.29, 1.82) is 5.41 Å². The van der Waals surface area contributed by atoms with E-state index < -0.39 is 11.6 Å². The molecule has 0 radical (unpaired) electrons. The molecule has 0 amide bonds. The highest BCUT2D eigenvalue weighted by molar-refractivity contribution is 7.94. The van der Waals surface area contributed by atoms with Gasteiger partial charge in [-0.1, -0.05) is 17.7 Å².